The Bertz CT molecular complexity index is 1180. The van der Waals surface area contributed by atoms with Gasteiger partial charge in [-0.1, -0.05) is 35.5 Å². The first kappa shape index (κ1) is 19.2. The van der Waals surface area contributed by atoms with E-state index in [1.54, 1.807) is 17.1 Å². The lowest BCUT2D eigenvalue weighted by atomic mass is 10.1. The van der Waals surface area contributed by atoms with Crippen molar-refractivity contribution in [3.63, 3.8) is 0 Å². The molecule has 4 aromatic rings. The minimum atomic E-state index is -0.286. The number of hydrogen-bond donors (Lipinski definition) is 1. The number of anilines is 1. The minimum Gasteiger partial charge on any atom is -0.356 e. The Morgan fingerprint density at radius 2 is 1.94 bits per heavy atom. The molecular formula is C22H23N7O2. The molecular weight excluding hydrogens is 394 g/mol. The highest BCUT2D eigenvalue weighted by atomic mass is 16.5. The van der Waals surface area contributed by atoms with Crippen LogP contribution in [0.1, 0.15) is 29.8 Å². The SMILES string of the molecule is O=C(NCCn1ncc2c(N3CCCCC3)ncnc21)c1cc(-c2ccccc2)on1. The molecule has 31 heavy (non-hydrogen) atoms. The Balaban J connectivity index is 1.23. The zero-order valence-corrected chi connectivity index (χ0v) is 17.1. The summed E-state index contributed by atoms with van der Waals surface area (Å²) in [6.07, 6.45) is 7.02. The van der Waals surface area contributed by atoms with Crippen molar-refractivity contribution in [1.82, 2.24) is 30.2 Å². The van der Waals surface area contributed by atoms with E-state index in [1.165, 1.54) is 19.3 Å². The van der Waals surface area contributed by atoms with Gasteiger partial charge in [0.25, 0.3) is 5.91 Å². The molecule has 5 rings (SSSR count). The van der Waals surface area contributed by atoms with Crippen LogP contribution in [0.5, 0.6) is 0 Å². The van der Waals surface area contributed by atoms with E-state index >= 15 is 0 Å². The first-order valence-corrected chi connectivity index (χ1v) is 10.5. The Morgan fingerprint density at radius 3 is 2.77 bits per heavy atom. The third-order valence-electron chi connectivity index (χ3n) is 5.48. The zero-order chi connectivity index (χ0) is 21.0. The van der Waals surface area contributed by atoms with Crippen molar-refractivity contribution in [3.05, 3.63) is 54.6 Å². The van der Waals surface area contributed by atoms with Crippen molar-refractivity contribution in [1.29, 1.82) is 0 Å². The standard InChI is InChI=1S/C22H23N7O2/c30-22(18-13-19(31-27-18)16-7-3-1-4-8-16)23-9-12-29-21-17(14-26-29)20(24-15-25-21)28-10-5-2-6-11-28/h1,3-4,7-8,13-15H,2,5-6,9-12H2,(H,23,30). The highest BCUT2D eigenvalue weighted by molar-refractivity contribution is 5.93. The smallest absolute Gasteiger partial charge is 0.273 e. The Kier molecular flexibility index (Phi) is 5.30. The van der Waals surface area contributed by atoms with E-state index in [-0.39, 0.29) is 11.6 Å². The average molecular weight is 417 g/mol. The molecule has 158 valence electrons. The lowest BCUT2D eigenvalue weighted by molar-refractivity contribution is 0.0943. The topological polar surface area (TPSA) is 102 Å². The maximum Gasteiger partial charge on any atom is 0.273 e. The molecule has 0 spiro atoms. The largest absolute Gasteiger partial charge is 0.356 e. The number of amides is 1. The Labute approximate surface area is 179 Å². The van der Waals surface area contributed by atoms with Crippen molar-refractivity contribution < 1.29 is 9.32 Å². The quantitative estimate of drug-likeness (QED) is 0.515. The van der Waals surface area contributed by atoms with Crippen LogP contribution in [-0.2, 0) is 6.54 Å². The number of hydrogen-bond acceptors (Lipinski definition) is 7. The van der Waals surface area contributed by atoms with Gasteiger partial charge in [0.1, 0.15) is 12.1 Å². The van der Waals surface area contributed by atoms with E-state index in [0.717, 1.165) is 35.5 Å². The average Bonchev–Trinajstić information content (AvgIpc) is 3.48. The molecule has 0 bridgehead atoms. The molecule has 0 radical (unpaired) electrons. The zero-order valence-electron chi connectivity index (χ0n) is 17.1. The number of carbonyl (C=O) groups is 1. The van der Waals surface area contributed by atoms with Crippen LogP contribution in [0, 0.1) is 0 Å². The second-order valence-electron chi connectivity index (χ2n) is 7.55. The second-order valence-corrected chi connectivity index (χ2v) is 7.55. The summed E-state index contributed by atoms with van der Waals surface area (Å²) in [6, 6.07) is 11.2. The van der Waals surface area contributed by atoms with E-state index in [0.29, 0.717) is 18.8 Å². The van der Waals surface area contributed by atoms with Gasteiger partial charge in [0.05, 0.1) is 18.1 Å². The molecule has 0 saturated carbocycles. The van der Waals surface area contributed by atoms with Gasteiger partial charge in [0.2, 0.25) is 0 Å². The molecule has 3 aromatic heterocycles. The van der Waals surface area contributed by atoms with E-state index in [9.17, 15) is 4.79 Å². The van der Waals surface area contributed by atoms with Crippen molar-refractivity contribution >= 4 is 22.8 Å². The van der Waals surface area contributed by atoms with Gasteiger partial charge in [-0.05, 0) is 19.3 Å². The number of nitrogens with zero attached hydrogens (tertiary/aromatic N) is 6. The molecule has 1 N–H and O–H groups in total. The maximum absolute atomic E-state index is 12.4. The van der Waals surface area contributed by atoms with Gasteiger partial charge in [-0.3, -0.25) is 4.79 Å². The van der Waals surface area contributed by atoms with Crippen LogP contribution in [0.3, 0.4) is 0 Å². The molecule has 0 atom stereocenters. The first-order valence-electron chi connectivity index (χ1n) is 10.5. The molecule has 4 heterocycles. The third-order valence-corrected chi connectivity index (χ3v) is 5.48. The third kappa shape index (κ3) is 3.98. The van der Waals surface area contributed by atoms with Crippen molar-refractivity contribution in [2.45, 2.75) is 25.8 Å². The normalized spacial score (nSPS) is 14.1. The maximum atomic E-state index is 12.4. The van der Waals surface area contributed by atoms with E-state index < -0.39 is 0 Å². The second kappa shape index (κ2) is 8.55. The van der Waals surface area contributed by atoms with Gasteiger partial charge in [0.15, 0.2) is 17.1 Å². The summed E-state index contributed by atoms with van der Waals surface area (Å²) in [6.45, 7) is 2.91. The number of aromatic nitrogens is 5. The number of nitrogens with one attached hydrogen (secondary N) is 1. The Morgan fingerprint density at radius 1 is 1.10 bits per heavy atom. The number of carbonyl (C=O) groups excluding carboxylic acids is 1. The van der Waals surface area contributed by atoms with E-state index in [1.807, 2.05) is 36.5 Å². The Hall–Kier alpha value is -3.75. The summed E-state index contributed by atoms with van der Waals surface area (Å²) in [5.41, 5.74) is 1.90. The van der Waals surface area contributed by atoms with Crippen molar-refractivity contribution in [3.8, 4) is 11.3 Å². The lowest BCUT2D eigenvalue weighted by Crippen LogP contribution is -2.30. The summed E-state index contributed by atoms with van der Waals surface area (Å²) in [4.78, 5) is 23.7. The van der Waals surface area contributed by atoms with Crippen LogP contribution < -0.4 is 10.2 Å². The van der Waals surface area contributed by atoms with Crippen LogP contribution in [-0.4, -0.2) is 50.4 Å². The number of piperidine rings is 1. The molecule has 1 aliphatic rings. The predicted octanol–water partition coefficient (Wildman–Crippen LogP) is 2.90. The van der Waals surface area contributed by atoms with Gasteiger partial charge in [-0.25, -0.2) is 14.6 Å². The molecule has 1 fully saturated rings. The lowest BCUT2D eigenvalue weighted by Gasteiger charge is -2.27. The fourth-order valence-corrected chi connectivity index (χ4v) is 3.89. The van der Waals surface area contributed by atoms with E-state index in [2.05, 4.69) is 30.4 Å². The summed E-state index contributed by atoms with van der Waals surface area (Å²) >= 11 is 0. The van der Waals surface area contributed by atoms with E-state index in [4.69, 9.17) is 4.52 Å². The summed E-state index contributed by atoms with van der Waals surface area (Å²) in [5, 5.41) is 12.2. The monoisotopic (exact) mass is 417 g/mol. The van der Waals surface area contributed by atoms with Crippen molar-refractivity contribution in [2.75, 3.05) is 24.5 Å². The van der Waals surface area contributed by atoms with Crippen LogP contribution in [0.4, 0.5) is 5.82 Å². The van der Waals surface area contributed by atoms with Crippen LogP contribution in [0.25, 0.3) is 22.4 Å². The minimum absolute atomic E-state index is 0.249. The fourth-order valence-electron chi connectivity index (χ4n) is 3.89. The number of fused-ring (bicyclic) bond motifs is 1. The summed E-state index contributed by atoms with van der Waals surface area (Å²) < 4.78 is 7.10. The molecule has 1 saturated heterocycles. The molecule has 9 nitrogen and oxygen atoms in total. The van der Waals surface area contributed by atoms with Crippen molar-refractivity contribution in [2.24, 2.45) is 0 Å². The molecule has 1 aromatic carbocycles. The highest BCUT2D eigenvalue weighted by Crippen LogP contribution is 2.25. The van der Waals surface area contributed by atoms with Crippen LogP contribution in [0.2, 0.25) is 0 Å². The summed E-state index contributed by atoms with van der Waals surface area (Å²) in [5.74, 6) is 1.22. The first-order chi connectivity index (χ1) is 15.3. The summed E-state index contributed by atoms with van der Waals surface area (Å²) in [7, 11) is 0. The number of benzene rings is 1. The van der Waals surface area contributed by atoms with Gasteiger partial charge in [-0.15, -0.1) is 0 Å². The van der Waals surface area contributed by atoms with Gasteiger partial charge < -0.3 is 14.7 Å². The van der Waals surface area contributed by atoms with Gasteiger partial charge in [-0.2, -0.15) is 5.10 Å². The predicted molar refractivity (Wildman–Crippen MR) is 116 cm³/mol. The van der Waals surface area contributed by atoms with Crippen LogP contribution in [0.15, 0.2) is 53.4 Å². The number of rotatable bonds is 6. The van der Waals surface area contributed by atoms with Crippen LogP contribution >= 0.6 is 0 Å². The highest BCUT2D eigenvalue weighted by Gasteiger charge is 2.18. The fraction of sp³-hybridized carbons (Fsp3) is 0.318. The van der Waals surface area contributed by atoms with Gasteiger partial charge in [0, 0.05) is 31.3 Å². The molecule has 1 aliphatic heterocycles. The molecule has 9 heteroatoms. The molecule has 1 amide bonds. The molecule has 0 unspecified atom stereocenters. The molecule has 0 aliphatic carbocycles. The van der Waals surface area contributed by atoms with Gasteiger partial charge >= 0.3 is 0 Å².